The Morgan fingerprint density at radius 2 is 1.86 bits per heavy atom. The van der Waals surface area contributed by atoms with Gasteiger partial charge in [-0.15, -0.1) is 0 Å². The van der Waals surface area contributed by atoms with Crippen LogP contribution in [-0.4, -0.2) is 46.8 Å². The van der Waals surface area contributed by atoms with Crippen LogP contribution in [0.15, 0.2) is 91.8 Å². The van der Waals surface area contributed by atoms with Crippen molar-refractivity contribution < 1.29 is 9.53 Å². The zero-order valence-corrected chi connectivity index (χ0v) is 23.5. The third-order valence-corrected chi connectivity index (χ3v) is 7.51. The predicted molar refractivity (Wildman–Crippen MR) is 163 cm³/mol. The second kappa shape index (κ2) is 11.5. The highest BCUT2D eigenvalue weighted by atomic mass is 16.5. The summed E-state index contributed by atoms with van der Waals surface area (Å²) in [5.41, 5.74) is 6.50. The minimum absolute atomic E-state index is 0.0834. The van der Waals surface area contributed by atoms with Crippen molar-refractivity contribution >= 4 is 34.3 Å². The topological polar surface area (TPSA) is 125 Å². The van der Waals surface area contributed by atoms with E-state index in [4.69, 9.17) is 4.74 Å². The Morgan fingerprint density at radius 3 is 2.72 bits per heavy atom. The fraction of sp³-hybridized carbons (Fsp3) is 0.188. The molecular weight excluding hydrogens is 542 g/mol. The van der Waals surface area contributed by atoms with Crippen molar-refractivity contribution in [2.45, 2.75) is 32.4 Å². The van der Waals surface area contributed by atoms with E-state index in [1.54, 1.807) is 35.8 Å². The average molecular weight is 572 g/mol. The number of fused-ring (bicyclic) bond motifs is 1. The van der Waals surface area contributed by atoms with Crippen LogP contribution < -0.4 is 10.6 Å². The fourth-order valence-corrected chi connectivity index (χ4v) is 5.31. The van der Waals surface area contributed by atoms with Gasteiger partial charge in [0.2, 0.25) is 0 Å². The van der Waals surface area contributed by atoms with Crippen molar-refractivity contribution in [1.82, 2.24) is 34.3 Å². The molecule has 11 nitrogen and oxygen atoms in total. The van der Waals surface area contributed by atoms with E-state index in [0.717, 1.165) is 54.0 Å². The molecule has 5 heterocycles. The van der Waals surface area contributed by atoms with Gasteiger partial charge in [0.05, 0.1) is 18.2 Å². The van der Waals surface area contributed by atoms with Gasteiger partial charge in [-0.3, -0.25) is 9.36 Å². The smallest absolute Gasteiger partial charge is 0.274 e. The first-order valence-corrected chi connectivity index (χ1v) is 14.2. The summed E-state index contributed by atoms with van der Waals surface area (Å²) in [7, 11) is 0. The molecule has 1 aliphatic heterocycles. The Labute approximate surface area is 247 Å². The molecule has 214 valence electrons. The average Bonchev–Trinajstić information content (AvgIpc) is 3.72. The molecule has 2 aromatic carbocycles. The summed E-state index contributed by atoms with van der Waals surface area (Å²) in [6, 6.07) is 20.8. The summed E-state index contributed by atoms with van der Waals surface area (Å²) in [5, 5.41) is 10.8. The minimum atomic E-state index is -0.268. The monoisotopic (exact) mass is 571 g/mol. The van der Waals surface area contributed by atoms with Gasteiger partial charge in [-0.1, -0.05) is 24.3 Å². The van der Waals surface area contributed by atoms with Gasteiger partial charge in [0.15, 0.2) is 5.65 Å². The quantitative estimate of drug-likeness (QED) is 0.236. The molecule has 1 unspecified atom stereocenters. The maximum Gasteiger partial charge on any atom is 0.274 e. The van der Waals surface area contributed by atoms with E-state index in [1.807, 2.05) is 72.2 Å². The first kappa shape index (κ1) is 26.5. The number of carbonyl (C=O) groups excluding carboxylic acids is 1. The van der Waals surface area contributed by atoms with Gasteiger partial charge in [-0.25, -0.2) is 24.6 Å². The Balaban J connectivity index is 1.17. The Hall–Kier alpha value is -5.42. The standard InChI is InChI=1S/C32H29N9O2/c1-21-12-13-22(38-32(42)26-14-16-37-41(26)23-8-3-2-4-9-23)18-25(21)39-30-24(10-7-15-33-30)28-29-31(35-19-34-28)40(20-36-29)27-11-5-6-17-43-27/h2-4,7-10,12-16,18-20,27H,5-6,11,17H2,1H3,(H,33,39)(H,38,42). The number of anilines is 3. The van der Waals surface area contributed by atoms with E-state index < -0.39 is 0 Å². The highest BCUT2D eigenvalue weighted by Crippen LogP contribution is 2.34. The normalized spacial score (nSPS) is 15.0. The predicted octanol–water partition coefficient (Wildman–Crippen LogP) is 6.08. The molecule has 0 radical (unpaired) electrons. The Bertz CT molecular complexity index is 1910. The minimum Gasteiger partial charge on any atom is -0.358 e. The molecule has 0 saturated carbocycles. The van der Waals surface area contributed by atoms with Crippen molar-refractivity contribution in [2.24, 2.45) is 0 Å². The zero-order chi connectivity index (χ0) is 29.2. The van der Waals surface area contributed by atoms with E-state index in [0.29, 0.717) is 28.4 Å². The van der Waals surface area contributed by atoms with Crippen LogP contribution in [0.4, 0.5) is 17.2 Å². The molecule has 43 heavy (non-hydrogen) atoms. The third-order valence-electron chi connectivity index (χ3n) is 7.51. The van der Waals surface area contributed by atoms with Crippen LogP contribution in [0.5, 0.6) is 0 Å². The maximum atomic E-state index is 13.3. The maximum absolute atomic E-state index is 13.3. The van der Waals surface area contributed by atoms with Crippen LogP contribution >= 0.6 is 0 Å². The lowest BCUT2D eigenvalue weighted by molar-refractivity contribution is -0.0298. The van der Waals surface area contributed by atoms with E-state index in [-0.39, 0.29) is 12.1 Å². The molecule has 4 aromatic heterocycles. The number of aryl methyl sites for hydroxylation is 1. The molecule has 0 spiro atoms. The number of aromatic nitrogens is 7. The number of para-hydroxylation sites is 1. The number of carbonyl (C=O) groups is 1. The fourth-order valence-electron chi connectivity index (χ4n) is 5.31. The number of hydrogen-bond acceptors (Lipinski definition) is 8. The molecule has 7 rings (SSSR count). The summed E-state index contributed by atoms with van der Waals surface area (Å²) >= 11 is 0. The van der Waals surface area contributed by atoms with E-state index >= 15 is 0 Å². The van der Waals surface area contributed by atoms with E-state index in [9.17, 15) is 4.79 Å². The number of hydrogen-bond donors (Lipinski definition) is 2. The molecule has 0 aliphatic carbocycles. The lowest BCUT2D eigenvalue weighted by Gasteiger charge is -2.23. The van der Waals surface area contributed by atoms with E-state index in [1.165, 1.54) is 0 Å². The molecule has 1 saturated heterocycles. The molecular formula is C32H29N9O2. The number of amides is 1. The first-order valence-electron chi connectivity index (χ1n) is 14.2. The van der Waals surface area contributed by atoms with Crippen LogP contribution in [0.3, 0.4) is 0 Å². The van der Waals surface area contributed by atoms with Crippen molar-refractivity contribution in [3.63, 3.8) is 0 Å². The van der Waals surface area contributed by atoms with Crippen LogP contribution in [0.25, 0.3) is 28.1 Å². The lowest BCUT2D eigenvalue weighted by Crippen LogP contribution is -2.17. The van der Waals surface area contributed by atoms with Gasteiger partial charge in [0.25, 0.3) is 5.91 Å². The number of imidazole rings is 1. The van der Waals surface area contributed by atoms with Crippen molar-refractivity contribution in [2.75, 3.05) is 17.2 Å². The van der Waals surface area contributed by atoms with Gasteiger partial charge in [-0.2, -0.15) is 5.10 Å². The van der Waals surface area contributed by atoms with Crippen LogP contribution in [0.2, 0.25) is 0 Å². The number of rotatable bonds is 7. The molecule has 1 fully saturated rings. The number of nitrogens with one attached hydrogen (secondary N) is 2. The molecule has 2 N–H and O–H groups in total. The molecule has 0 bridgehead atoms. The van der Waals surface area contributed by atoms with Crippen molar-refractivity contribution in [1.29, 1.82) is 0 Å². The summed E-state index contributed by atoms with van der Waals surface area (Å²) in [6.45, 7) is 2.73. The summed E-state index contributed by atoms with van der Waals surface area (Å²) in [4.78, 5) is 31.7. The zero-order valence-electron chi connectivity index (χ0n) is 23.5. The van der Waals surface area contributed by atoms with Gasteiger partial charge in [-0.05, 0) is 74.2 Å². The summed E-state index contributed by atoms with van der Waals surface area (Å²) in [5.74, 6) is 0.343. The molecule has 1 amide bonds. The highest BCUT2D eigenvalue weighted by Gasteiger charge is 2.22. The first-order chi connectivity index (χ1) is 21.2. The van der Waals surface area contributed by atoms with Crippen LogP contribution in [0.1, 0.15) is 41.5 Å². The second-order valence-corrected chi connectivity index (χ2v) is 10.3. The number of ether oxygens (including phenoxy) is 1. The second-order valence-electron chi connectivity index (χ2n) is 10.3. The van der Waals surface area contributed by atoms with Crippen molar-refractivity contribution in [3.05, 3.63) is 103 Å². The largest absolute Gasteiger partial charge is 0.358 e. The van der Waals surface area contributed by atoms with Crippen LogP contribution in [0, 0.1) is 6.92 Å². The van der Waals surface area contributed by atoms with Gasteiger partial charge >= 0.3 is 0 Å². The third kappa shape index (κ3) is 5.22. The van der Waals surface area contributed by atoms with Crippen LogP contribution in [-0.2, 0) is 4.74 Å². The lowest BCUT2D eigenvalue weighted by atomic mass is 10.1. The summed E-state index contributed by atoms with van der Waals surface area (Å²) < 4.78 is 9.59. The molecule has 1 aliphatic rings. The van der Waals surface area contributed by atoms with E-state index in [2.05, 4.69) is 35.7 Å². The number of pyridine rings is 1. The summed E-state index contributed by atoms with van der Waals surface area (Å²) in [6.07, 6.45) is 9.68. The Morgan fingerprint density at radius 1 is 0.953 bits per heavy atom. The highest BCUT2D eigenvalue weighted by molar-refractivity contribution is 6.03. The molecule has 1 atom stereocenters. The van der Waals surface area contributed by atoms with Crippen molar-refractivity contribution in [3.8, 4) is 16.9 Å². The SMILES string of the molecule is Cc1ccc(NC(=O)c2ccnn2-c2ccccc2)cc1Nc1ncccc1-c1ncnc2c1ncn2C1CCCCO1. The number of benzene rings is 2. The molecule has 6 aromatic rings. The van der Waals surface area contributed by atoms with Gasteiger partial charge < -0.3 is 15.4 Å². The number of nitrogens with zero attached hydrogens (tertiary/aromatic N) is 7. The molecule has 11 heteroatoms. The van der Waals surface area contributed by atoms with Gasteiger partial charge in [0, 0.05) is 29.7 Å². The Kier molecular flexibility index (Phi) is 7.05. The van der Waals surface area contributed by atoms with Gasteiger partial charge in [0.1, 0.15) is 35.3 Å².